The van der Waals surface area contributed by atoms with E-state index in [1.165, 1.54) is 5.56 Å². The molecule has 0 aliphatic rings. The molecule has 0 heterocycles. The third-order valence-electron chi connectivity index (χ3n) is 4.06. The van der Waals surface area contributed by atoms with E-state index in [9.17, 15) is 10.2 Å². The van der Waals surface area contributed by atoms with Gasteiger partial charge in [-0.2, -0.15) is 0 Å². The zero-order valence-corrected chi connectivity index (χ0v) is 13.2. The normalized spacial score (nSPS) is 10.7. The molecule has 0 aliphatic carbocycles. The molecule has 23 heavy (non-hydrogen) atoms. The molecule has 0 aliphatic heterocycles. The Morgan fingerprint density at radius 2 is 1.30 bits per heavy atom. The van der Waals surface area contributed by atoms with Gasteiger partial charge in [0.05, 0.1) is 0 Å². The minimum atomic E-state index is 0.161. The smallest absolute Gasteiger partial charge is 0.130 e. The van der Waals surface area contributed by atoms with E-state index in [2.05, 4.69) is 24.3 Å². The van der Waals surface area contributed by atoms with Gasteiger partial charge in [-0.15, -0.1) is 0 Å². The summed E-state index contributed by atoms with van der Waals surface area (Å²) >= 11 is 0. The summed E-state index contributed by atoms with van der Waals surface area (Å²) in [5.41, 5.74) is 4.63. The summed E-state index contributed by atoms with van der Waals surface area (Å²) in [5, 5.41) is 20.4. The molecule has 0 bridgehead atoms. The molecule has 0 saturated carbocycles. The standard InChI is InChI=1S/C21H20O2/c1-2-6-19-20(22)14-13-18(21(19)23)17-11-9-16(10-12-17)15-7-4-3-5-8-15/h3-5,7-14,22-23H,2,6H2,1H3. The molecule has 0 amide bonds. The van der Waals surface area contributed by atoms with Crippen LogP contribution in [0.15, 0.2) is 66.7 Å². The number of rotatable bonds is 4. The van der Waals surface area contributed by atoms with Crippen molar-refractivity contribution in [2.75, 3.05) is 0 Å². The molecule has 2 heteroatoms. The largest absolute Gasteiger partial charge is 0.508 e. The van der Waals surface area contributed by atoms with Gasteiger partial charge in [0.15, 0.2) is 0 Å². The highest BCUT2D eigenvalue weighted by atomic mass is 16.3. The second kappa shape index (κ2) is 6.57. The first-order valence-electron chi connectivity index (χ1n) is 7.90. The highest BCUT2D eigenvalue weighted by molar-refractivity contribution is 5.76. The molecule has 116 valence electrons. The van der Waals surface area contributed by atoms with Crippen molar-refractivity contribution >= 4 is 0 Å². The summed E-state index contributed by atoms with van der Waals surface area (Å²) < 4.78 is 0. The average Bonchev–Trinajstić information content (AvgIpc) is 2.60. The van der Waals surface area contributed by atoms with E-state index < -0.39 is 0 Å². The van der Waals surface area contributed by atoms with Crippen molar-refractivity contribution in [1.29, 1.82) is 0 Å². The topological polar surface area (TPSA) is 40.5 Å². The summed E-state index contributed by atoms with van der Waals surface area (Å²) in [5.74, 6) is 0.341. The van der Waals surface area contributed by atoms with E-state index in [0.717, 1.165) is 23.1 Å². The van der Waals surface area contributed by atoms with Crippen LogP contribution in [0.25, 0.3) is 22.3 Å². The number of phenolic OH excluding ortho intramolecular Hbond substituents is 2. The number of hydrogen-bond donors (Lipinski definition) is 2. The molecule has 0 unspecified atom stereocenters. The number of hydrogen-bond acceptors (Lipinski definition) is 2. The lowest BCUT2D eigenvalue weighted by Crippen LogP contribution is -1.89. The van der Waals surface area contributed by atoms with Gasteiger partial charge in [-0.25, -0.2) is 0 Å². The fourth-order valence-corrected chi connectivity index (χ4v) is 2.83. The van der Waals surface area contributed by atoms with Crippen molar-refractivity contribution in [2.24, 2.45) is 0 Å². The summed E-state index contributed by atoms with van der Waals surface area (Å²) in [6, 6.07) is 21.7. The van der Waals surface area contributed by atoms with E-state index in [4.69, 9.17) is 0 Å². The monoisotopic (exact) mass is 304 g/mol. The lowest BCUT2D eigenvalue weighted by Gasteiger charge is -2.12. The Balaban J connectivity index is 1.98. The number of aromatic hydroxyl groups is 2. The average molecular weight is 304 g/mol. The first-order valence-corrected chi connectivity index (χ1v) is 7.90. The Bertz CT molecular complexity index is 790. The third kappa shape index (κ3) is 3.07. The minimum Gasteiger partial charge on any atom is -0.508 e. The summed E-state index contributed by atoms with van der Waals surface area (Å²) in [6.07, 6.45) is 1.53. The first-order chi connectivity index (χ1) is 11.2. The van der Waals surface area contributed by atoms with Crippen LogP contribution >= 0.6 is 0 Å². The molecule has 0 aromatic heterocycles. The Labute approximate surface area is 136 Å². The van der Waals surface area contributed by atoms with Crippen molar-refractivity contribution in [1.82, 2.24) is 0 Å². The van der Waals surface area contributed by atoms with Gasteiger partial charge in [-0.1, -0.05) is 67.9 Å². The Kier molecular flexibility index (Phi) is 4.33. The lowest BCUT2D eigenvalue weighted by molar-refractivity contribution is 0.439. The molecule has 0 spiro atoms. The molecule has 0 fully saturated rings. The van der Waals surface area contributed by atoms with Gasteiger partial charge in [0, 0.05) is 11.1 Å². The maximum atomic E-state index is 10.5. The summed E-state index contributed by atoms with van der Waals surface area (Å²) in [4.78, 5) is 0. The number of phenols is 2. The molecule has 0 atom stereocenters. The van der Waals surface area contributed by atoms with Crippen molar-refractivity contribution in [3.63, 3.8) is 0 Å². The van der Waals surface area contributed by atoms with Gasteiger partial charge in [0.25, 0.3) is 0 Å². The fourth-order valence-electron chi connectivity index (χ4n) is 2.83. The van der Waals surface area contributed by atoms with Crippen LogP contribution in [0, 0.1) is 0 Å². The summed E-state index contributed by atoms with van der Waals surface area (Å²) in [6.45, 7) is 2.03. The van der Waals surface area contributed by atoms with Gasteiger partial charge in [0.2, 0.25) is 0 Å². The van der Waals surface area contributed by atoms with Crippen molar-refractivity contribution < 1.29 is 10.2 Å². The van der Waals surface area contributed by atoms with Crippen LogP contribution in [-0.4, -0.2) is 10.2 Å². The van der Waals surface area contributed by atoms with Crippen LogP contribution in [0.4, 0.5) is 0 Å². The predicted molar refractivity (Wildman–Crippen MR) is 94.6 cm³/mol. The molecular formula is C21H20O2. The van der Waals surface area contributed by atoms with Gasteiger partial charge >= 0.3 is 0 Å². The van der Waals surface area contributed by atoms with Crippen LogP contribution in [0.5, 0.6) is 11.5 Å². The van der Waals surface area contributed by atoms with Gasteiger partial charge in [-0.05, 0) is 35.2 Å². The zero-order valence-electron chi connectivity index (χ0n) is 13.2. The maximum Gasteiger partial charge on any atom is 0.130 e. The lowest BCUT2D eigenvalue weighted by atomic mass is 9.96. The fraction of sp³-hybridized carbons (Fsp3) is 0.143. The van der Waals surface area contributed by atoms with Gasteiger partial charge < -0.3 is 10.2 Å². The van der Waals surface area contributed by atoms with E-state index in [1.807, 2.05) is 37.3 Å². The summed E-state index contributed by atoms with van der Waals surface area (Å²) in [7, 11) is 0. The SMILES string of the molecule is CCCc1c(O)ccc(-c2ccc(-c3ccccc3)cc2)c1O. The second-order valence-corrected chi connectivity index (χ2v) is 5.65. The van der Waals surface area contributed by atoms with Crippen molar-refractivity contribution in [3.8, 4) is 33.8 Å². The Morgan fingerprint density at radius 1 is 0.696 bits per heavy atom. The first kappa shape index (κ1) is 15.2. The van der Waals surface area contributed by atoms with Gasteiger partial charge in [-0.3, -0.25) is 0 Å². The third-order valence-corrected chi connectivity index (χ3v) is 4.06. The van der Waals surface area contributed by atoms with E-state index in [-0.39, 0.29) is 11.5 Å². The van der Waals surface area contributed by atoms with Crippen LogP contribution in [0.3, 0.4) is 0 Å². The van der Waals surface area contributed by atoms with E-state index in [0.29, 0.717) is 12.0 Å². The quantitative estimate of drug-likeness (QED) is 0.679. The van der Waals surface area contributed by atoms with Crippen LogP contribution in [0.1, 0.15) is 18.9 Å². The molecule has 2 nitrogen and oxygen atoms in total. The minimum absolute atomic E-state index is 0.161. The zero-order chi connectivity index (χ0) is 16.2. The maximum absolute atomic E-state index is 10.5. The highest BCUT2D eigenvalue weighted by Crippen LogP contribution is 2.38. The van der Waals surface area contributed by atoms with Gasteiger partial charge in [0.1, 0.15) is 11.5 Å². The number of benzene rings is 3. The molecule has 2 N–H and O–H groups in total. The van der Waals surface area contributed by atoms with Crippen molar-refractivity contribution in [2.45, 2.75) is 19.8 Å². The Hall–Kier alpha value is -2.74. The van der Waals surface area contributed by atoms with Crippen LogP contribution < -0.4 is 0 Å². The second-order valence-electron chi connectivity index (χ2n) is 5.65. The molecule has 3 aromatic rings. The molecule has 0 radical (unpaired) electrons. The van der Waals surface area contributed by atoms with Crippen LogP contribution in [-0.2, 0) is 6.42 Å². The van der Waals surface area contributed by atoms with E-state index in [1.54, 1.807) is 12.1 Å². The Morgan fingerprint density at radius 3 is 1.96 bits per heavy atom. The predicted octanol–water partition coefficient (Wildman–Crippen LogP) is 5.38. The molecule has 3 rings (SSSR count). The van der Waals surface area contributed by atoms with Crippen molar-refractivity contribution in [3.05, 3.63) is 72.3 Å². The molecule has 0 saturated heterocycles. The molecule has 3 aromatic carbocycles. The van der Waals surface area contributed by atoms with E-state index >= 15 is 0 Å². The van der Waals surface area contributed by atoms with Crippen LogP contribution in [0.2, 0.25) is 0 Å². The highest BCUT2D eigenvalue weighted by Gasteiger charge is 2.13. The molecular weight excluding hydrogens is 284 g/mol.